The molecule has 2 aromatic rings. The Labute approximate surface area is 153 Å². The van der Waals surface area contributed by atoms with Gasteiger partial charge in [-0.2, -0.15) is 5.10 Å². The zero-order chi connectivity index (χ0) is 17.2. The van der Waals surface area contributed by atoms with Gasteiger partial charge in [-0.05, 0) is 50.3 Å². The minimum absolute atomic E-state index is 0.213. The summed E-state index contributed by atoms with van der Waals surface area (Å²) in [7, 11) is 0. The van der Waals surface area contributed by atoms with Crippen LogP contribution in [0.2, 0.25) is 0 Å². The average Bonchev–Trinajstić information content (AvgIpc) is 3.09. The molecule has 6 heteroatoms. The average molecular weight is 359 g/mol. The smallest absolute Gasteiger partial charge is 0.220 e. The Kier molecular flexibility index (Phi) is 4.90. The van der Waals surface area contributed by atoms with Gasteiger partial charge in [0.15, 0.2) is 0 Å². The molecular weight excluding hydrogens is 332 g/mol. The first-order chi connectivity index (χ1) is 12.2. The van der Waals surface area contributed by atoms with Gasteiger partial charge < -0.3 is 5.32 Å². The monoisotopic (exact) mass is 358 g/mol. The molecule has 0 unspecified atom stereocenters. The summed E-state index contributed by atoms with van der Waals surface area (Å²) < 4.78 is 2.16. The molecule has 1 amide bonds. The van der Waals surface area contributed by atoms with Gasteiger partial charge in [-0.3, -0.25) is 14.4 Å². The summed E-state index contributed by atoms with van der Waals surface area (Å²) in [4.78, 5) is 17.2. The van der Waals surface area contributed by atoms with E-state index in [4.69, 9.17) is 0 Å². The molecule has 0 saturated heterocycles. The SMILES string of the molecule is Cc1ccc(CN2Cc3ccnn3[C@@H](CCNC(=O)CC3CC3)C2)s1. The number of aromatic nitrogens is 2. The van der Waals surface area contributed by atoms with Crippen LogP contribution in [0.25, 0.3) is 0 Å². The number of carbonyl (C=O) groups excluding carboxylic acids is 1. The zero-order valence-corrected chi connectivity index (χ0v) is 15.6. The maximum atomic E-state index is 11.9. The van der Waals surface area contributed by atoms with Gasteiger partial charge in [0.05, 0.1) is 11.7 Å². The summed E-state index contributed by atoms with van der Waals surface area (Å²) in [5.74, 6) is 0.863. The van der Waals surface area contributed by atoms with Crippen molar-refractivity contribution in [3.8, 4) is 0 Å². The first-order valence-electron chi connectivity index (χ1n) is 9.24. The minimum atomic E-state index is 0.213. The Morgan fingerprint density at radius 2 is 2.24 bits per heavy atom. The van der Waals surface area contributed by atoms with Crippen molar-refractivity contribution in [3.63, 3.8) is 0 Å². The maximum absolute atomic E-state index is 11.9. The number of aryl methyl sites for hydroxylation is 1. The second-order valence-electron chi connectivity index (χ2n) is 7.39. The molecule has 0 bridgehead atoms. The lowest BCUT2D eigenvalue weighted by Crippen LogP contribution is -2.38. The molecule has 0 spiro atoms. The van der Waals surface area contributed by atoms with Gasteiger partial charge in [-0.25, -0.2) is 0 Å². The zero-order valence-electron chi connectivity index (χ0n) is 14.8. The van der Waals surface area contributed by atoms with Gasteiger partial charge in [-0.15, -0.1) is 11.3 Å². The van der Waals surface area contributed by atoms with Gasteiger partial charge in [0.1, 0.15) is 0 Å². The first-order valence-corrected chi connectivity index (χ1v) is 10.1. The van der Waals surface area contributed by atoms with Crippen molar-refractivity contribution < 1.29 is 4.79 Å². The third-order valence-electron chi connectivity index (χ3n) is 5.10. The number of hydrogen-bond acceptors (Lipinski definition) is 4. The van der Waals surface area contributed by atoms with Crippen LogP contribution < -0.4 is 5.32 Å². The fraction of sp³-hybridized carbons (Fsp3) is 0.579. The highest BCUT2D eigenvalue weighted by molar-refractivity contribution is 7.11. The molecule has 134 valence electrons. The minimum Gasteiger partial charge on any atom is -0.356 e. The summed E-state index contributed by atoms with van der Waals surface area (Å²) in [6.45, 7) is 5.83. The van der Waals surface area contributed by atoms with Gasteiger partial charge >= 0.3 is 0 Å². The van der Waals surface area contributed by atoms with Crippen LogP contribution in [-0.2, 0) is 17.9 Å². The molecule has 1 N–H and O–H groups in total. The number of thiophene rings is 1. The van der Waals surface area contributed by atoms with Crippen LogP contribution in [0.1, 0.15) is 47.2 Å². The lowest BCUT2D eigenvalue weighted by molar-refractivity contribution is -0.121. The van der Waals surface area contributed by atoms with E-state index in [1.54, 1.807) is 0 Å². The maximum Gasteiger partial charge on any atom is 0.220 e. The molecule has 1 aliphatic heterocycles. The highest BCUT2D eigenvalue weighted by atomic mass is 32.1. The number of nitrogens with one attached hydrogen (secondary N) is 1. The van der Waals surface area contributed by atoms with E-state index in [9.17, 15) is 4.79 Å². The fourth-order valence-electron chi connectivity index (χ4n) is 3.62. The van der Waals surface area contributed by atoms with Gasteiger partial charge in [0, 0.05) is 48.6 Å². The van der Waals surface area contributed by atoms with E-state index in [2.05, 4.69) is 45.1 Å². The number of fused-ring (bicyclic) bond motifs is 1. The van der Waals surface area contributed by atoms with Crippen molar-refractivity contribution in [1.82, 2.24) is 20.0 Å². The molecule has 1 saturated carbocycles. The molecule has 1 aliphatic carbocycles. The van der Waals surface area contributed by atoms with E-state index in [1.165, 1.54) is 28.3 Å². The van der Waals surface area contributed by atoms with E-state index in [0.717, 1.165) is 32.6 Å². The van der Waals surface area contributed by atoms with E-state index in [0.29, 0.717) is 18.4 Å². The number of carbonyl (C=O) groups is 1. The van der Waals surface area contributed by atoms with E-state index >= 15 is 0 Å². The highest BCUT2D eigenvalue weighted by Crippen LogP contribution is 2.32. The molecule has 3 heterocycles. The largest absolute Gasteiger partial charge is 0.356 e. The van der Waals surface area contributed by atoms with Crippen LogP contribution >= 0.6 is 11.3 Å². The van der Waals surface area contributed by atoms with Crippen molar-refractivity contribution in [1.29, 1.82) is 0 Å². The molecule has 1 fully saturated rings. The quantitative estimate of drug-likeness (QED) is 0.827. The molecule has 25 heavy (non-hydrogen) atoms. The number of rotatable bonds is 7. The molecular formula is C19H26N4OS. The summed E-state index contributed by atoms with van der Waals surface area (Å²) in [6, 6.07) is 6.88. The third-order valence-corrected chi connectivity index (χ3v) is 6.08. The molecule has 5 nitrogen and oxygen atoms in total. The summed E-state index contributed by atoms with van der Waals surface area (Å²) in [5.41, 5.74) is 1.27. The van der Waals surface area contributed by atoms with Crippen molar-refractivity contribution >= 4 is 17.2 Å². The molecule has 4 rings (SSSR count). The normalized spacial score (nSPS) is 20.4. The number of nitrogens with zero attached hydrogens (tertiary/aromatic N) is 3. The van der Waals surface area contributed by atoms with Crippen LogP contribution in [-0.4, -0.2) is 33.7 Å². The van der Waals surface area contributed by atoms with Crippen molar-refractivity contribution in [2.75, 3.05) is 13.1 Å². The second kappa shape index (κ2) is 7.30. The van der Waals surface area contributed by atoms with Crippen LogP contribution in [0.15, 0.2) is 24.4 Å². The molecule has 1 atom stereocenters. The predicted octanol–water partition coefficient (Wildman–Crippen LogP) is 3.12. The van der Waals surface area contributed by atoms with Crippen molar-refractivity contribution in [3.05, 3.63) is 39.8 Å². The second-order valence-corrected chi connectivity index (χ2v) is 8.76. The Morgan fingerprint density at radius 3 is 3.00 bits per heavy atom. The lowest BCUT2D eigenvalue weighted by atomic mass is 10.1. The first kappa shape index (κ1) is 16.8. The topological polar surface area (TPSA) is 50.2 Å². The molecule has 2 aliphatic rings. The molecule has 0 radical (unpaired) electrons. The van der Waals surface area contributed by atoms with E-state index in [1.807, 2.05) is 17.5 Å². The predicted molar refractivity (Wildman–Crippen MR) is 99.4 cm³/mol. The Bertz CT molecular complexity index is 733. The fourth-order valence-corrected chi connectivity index (χ4v) is 4.56. The Morgan fingerprint density at radius 1 is 1.36 bits per heavy atom. The van der Waals surface area contributed by atoms with Gasteiger partial charge in [0.2, 0.25) is 5.91 Å². The lowest BCUT2D eigenvalue weighted by Gasteiger charge is -2.33. The van der Waals surface area contributed by atoms with Crippen LogP contribution in [0.5, 0.6) is 0 Å². The van der Waals surface area contributed by atoms with Crippen LogP contribution in [0, 0.1) is 12.8 Å². The third kappa shape index (κ3) is 4.30. The van der Waals surface area contributed by atoms with E-state index < -0.39 is 0 Å². The molecule has 0 aromatic carbocycles. The summed E-state index contributed by atoms with van der Waals surface area (Å²) in [6.07, 6.45) is 5.99. The summed E-state index contributed by atoms with van der Waals surface area (Å²) >= 11 is 1.88. The molecule has 2 aromatic heterocycles. The summed E-state index contributed by atoms with van der Waals surface area (Å²) in [5, 5.41) is 7.62. The number of amides is 1. The standard InChI is InChI=1S/C19H26N4OS/c1-14-2-5-18(25-14)13-22-11-16(23-17(12-22)7-9-21-23)6-8-20-19(24)10-15-3-4-15/h2,5,7,9,15-16H,3-4,6,8,10-13H2,1H3,(H,20,24)/t16-/m0/s1. The van der Waals surface area contributed by atoms with Crippen LogP contribution in [0.3, 0.4) is 0 Å². The van der Waals surface area contributed by atoms with Gasteiger partial charge in [-0.1, -0.05) is 0 Å². The number of hydrogen-bond donors (Lipinski definition) is 1. The van der Waals surface area contributed by atoms with Crippen molar-refractivity contribution in [2.24, 2.45) is 5.92 Å². The van der Waals surface area contributed by atoms with Gasteiger partial charge in [0.25, 0.3) is 0 Å². The van der Waals surface area contributed by atoms with Crippen LogP contribution in [0.4, 0.5) is 0 Å². The van der Waals surface area contributed by atoms with E-state index in [-0.39, 0.29) is 5.91 Å². The Balaban J connectivity index is 1.34. The highest BCUT2D eigenvalue weighted by Gasteiger charge is 2.27. The van der Waals surface area contributed by atoms with Crippen molar-refractivity contribution in [2.45, 2.75) is 51.7 Å². The Hall–Kier alpha value is -1.66.